The van der Waals surface area contributed by atoms with Crippen molar-refractivity contribution in [2.45, 2.75) is 19.4 Å². The van der Waals surface area contributed by atoms with Gasteiger partial charge in [0.25, 0.3) is 0 Å². The first-order chi connectivity index (χ1) is 14.7. The average Bonchev–Trinajstić information content (AvgIpc) is 2.76. The molecule has 0 spiro atoms. The summed E-state index contributed by atoms with van der Waals surface area (Å²) in [5.74, 6) is 0.841. The van der Waals surface area contributed by atoms with Gasteiger partial charge in [-0.05, 0) is 32.0 Å². The summed E-state index contributed by atoms with van der Waals surface area (Å²) in [6.45, 7) is 10.4. The van der Waals surface area contributed by atoms with Crippen molar-refractivity contribution in [3.05, 3.63) is 34.9 Å². The summed E-state index contributed by atoms with van der Waals surface area (Å²) in [6.07, 6.45) is 1.04. The van der Waals surface area contributed by atoms with Crippen molar-refractivity contribution in [2.75, 3.05) is 79.8 Å². The van der Waals surface area contributed by atoms with Gasteiger partial charge in [-0.25, -0.2) is 0 Å². The molecule has 1 aromatic carbocycles. The summed E-state index contributed by atoms with van der Waals surface area (Å²) < 4.78 is 10.7. The van der Waals surface area contributed by atoms with Crippen molar-refractivity contribution in [3.8, 4) is 0 Å². The minimum absolute atomic E-state index is 0.134. The summed E-state index contributed by atoms with van der Waals surface area (Å²) in [7, 11) is 3.88. The average molecular weight is 440 g/mol. The Balaban J connectivity index is 1.98. The van der Waals surface area contributed by atoms with Crippen molar-refractivity contribution < 1.29 is 9.47 Å². The monoisotopic (exact) mass is 439 g/mol. The Morgan fingerprint density at radius 2 is 2.03 bits per heavy atom. The predicted molar refractivity (Wildman–Crippen MR) is 125 cm³/mol. The van der Waals surface area contributed by atoms with Gasteiger partial charge in [-0.15, -0.1) is 0 Å². The molecule has 1 unspecified atom stereocenters. The van der Waals surface area contributed by atoms with E-state index >= 15 is 0 Å². The molecule has 1 aliphatic heterocycles. The van der Waals surface area contributed by atoms with Crippen LogP contribution < -0.4 is 10.6 Å². The van der Waals surface area contributed by atoms with Gasteiger partial charge in [-0.3, -0.25) is 9.89 Å². The third-order valence-electron chi connectivity index (χ3n) is 5.19. The summed E-state index contributed by atoms with van der Waals surface area (Å²) >= 11 is 6.53. The maximum atomic E-state index is 6.53. The van der Waals surface area contributed by atoms with E-state index in [0.717, 1.165) is 82.1 Å². The number of nitrogens with zero attached hydrogens (tertiary/aromatic N) is 3. The van der Waals surface area contributed by atoms with E-state index in [0.29, 0.717) is 6.54 Å². The normalized spacial score (nSPS) is 16.6. The fourth-order valence-corrected chi connectivity index (χ4v) is 3.78. The molecule has 2 rings (SSSR count). The maximum Gasteiger partial charge on any atom is 0.191 e. The molecule has 170 valence electrons. The summed E-state index contributed by atoms with van der Waals surface area (Å²) in [6, 6.07) is 8.21. The van der Waals surface area contributed by atoms with E-state index in [2.05, 4.69) is 40.5 Å². The third-order valence-corrected chi connectivity index (χ3v) is 5.54. The number of ether oxygens (including phenoxy) is 2. The summed E-state index contributed by atoms with van der Waals surface area (Å²) in [5, 5.41) is 7.60. The molecule has 30 heavy (non-hydrogen) atoms. The number of likely N-dealkylation sites (N-methyl/N-ethyl adjacent to an activating group) is 1. The molecule has 0 amide bonds. The zero-order chi connectivity index (χ0) is 21.6. The number of methoxy groups -OCH3 is 1. The Hall–Kier alpha value is -1.38. The zero-order valence-electron chi connectivity index (χ0n) is 18.7. The molecule has 0 saturated carbocycles. The van der Waals surface area contributed by atoms with Crippen LogP contribution in [0.2, 0.25) is 5.02 Å². The Kier molecular flexibility index (Phi) is 12.1. The maximum absolute atomic E-state index is 6.53. The quantitative estimate of drug-likeness (QED) is 0.296. The van der Waals surface area contributed by atoms with Crippen molar-refractivity contribution in [2.24, 2.45) is 4.99 Å². The number of hydrogen-bond donors (Lipinski definition) is 2. The number of benzene rings is 1. The second-order valence-corrected chi connectivity index (χ2v) is 7.89. The Labute approximate surface area is 186 Å². The lowest BCUT2D eigenvalue weighted by Crippen LogP contribution is -2.43. The third kappa shape index (κ3) is 8.78. The van der Waals surface area contributed by atoms with Crippen molar-refractivity contribution in [1.29, 1.82) is 0 Å². The topological polar surface area (TPSA) is 61.4 Å². The van der Waals surface area contributed by atoms with Gasteiger partial charge in [0.2, 0.25) is 0 Å². The van der Waals surface area contributed by atoms with Crippen LogP contribution in [0.5, 0.6) is 0 Å². The lowest BCUT2D eigenvalue weighted by Gasteiger charge is -2.34. The van der Waals surface area contributed by atoms with E-state index < -0.39 is 0 Å². The second kappa shape index (κ2) is 14.6. The zero-order valence-corrected chi connectivity index (χ0v) is 19.5. The first kappa shape index (κ1) is 24.9. The van der Waals surface area contributed by atoms with E-state index in [1.807, 2.05) is 18.2 Å². The largest absolute Gasteiger partial charge is 0.385 e. The van der Waals surface area contributed by atoms with Crippen LogP contribution in [-0.4, -0.2) is 95.6 Å². The van der Waals surface area contributed by atoms with Crippen molar-refractivity contribution >= 4 is 17.6 Å². The lowest BCUT2D eigenvalue weighted by molar-refractivity contribution is 0.0180. The van der Waals surface area contributed by atoms with Gasteiger partial charge >= 0.3 is 0 Å². The molecule has 0 bridgehead atoms. The van der Waals surface area contributed by atoms with E-state index in [1.54, 1.807) is 7.11 Å². The number of halogens is 1. The van der Waals surface area contributed by atoms with Gasteiger partial charge in [0.1, 0.15) is 0 Å². The smallest absolute Gasteiger partial charge is 0.191 e. The standard InChI is InChI=1S/C22H38ClN5O2/c1-4-24-22(25-10-12-27(2)11-7-15-29-3)26-18-21(28-13-16-30-17-14-28)19-8-5-6-9-20(19)23/h5-6,8-9,21H,4,7,10-18H2,1-3H3,(H2,24,25,26). The van der Waals surface area contributed by atoms with E-state index in [4.69, 9.17) is 26.1 Å². The van der Waals surface area contributed by atoms with E-state index in [1.165, 1.54) is 0 Å². The second-order valence-electron chi connectivity index (χ2n) is 7.48. The van der Waals surface area contributed by atoms with Gasteiger partial charge in [0, 0.05) is 58.0 Å². The highest BCUT2D eigenvalue weighted by molar-refractivity contribution is 6.31. The van der Waals surface area contributed by atoms with Gasteiger partial charge in [-0.1, -0.05) is 29.8 Å². The molecule has 1 fully saturated rings. The number of hydrogen-bond acceptors (Lipinski definition) is 5. The Morgan fingerprint density at radius 1 is 1.27 bits per heavy atom. The molecule has 1 heterocycles. The highest BCUT2D eigenvalue weighted by Crippen LogP contribution is 2.28. The number of rotatable bonds is 12. The van der Waals surface area contributed by atoms with Gasteiger partial charge in [0.05, 0.1) is 25.8 Å². The van der Waals surface area contributed by atoms with Crippen LogP contribution >= 0.6 is 11.6 Å². The predicted octanol–water partition coefficient (Wildman–Crippen LogP) is 2.24. The first-order valence-electron chi connectivity index (χ1n) is 10.9. The molecule has 0 aliphatic carbocycles. The van der Waals surface area contributed by atoms with Crippen LogP contribution in [0.15, 0.2) is 29.3 Å². The molecule has 1 aliphatic rings. The minimum atomic E-state index is 0.134. The fraction of sp³-hybridized carbons (Fsp3) is 0.682. The molecule has 0 aromatic heterocycles. The number of guanidine groups is 1. The van der Waals surface area contributed by atoms with Crippen LogP contribution in [-0.2, 0) is 9.47 Å². The molecule has 1 saturated heterocycles. The minimum Gasteiger partial charge on any atom is -0.385 e. The molecular weight excluding hydrogens is 402 g/mol. The number of nitrogens with one attached hydrogen (secondary N) is 2. The SMILES string of the molecule is CCNC(=NCC(c1ccccc1Cl)N1CCOCC1)NCCN(C)CCCOC. The van der Waals surface area contributed by atoms with E-state index in [-0.39, 0.29) is 6.04 Å². The number of aliphatic imine (C=N–C) groups is 1. The van der Waals surface area contributed by atoms with Gasteiger partial charge in [-0.2, -0.15) is 0 Å². The first-order valence-corrected chi connectivity index (χ1v) is 11.3. The Bertz CT molecular complexity index is 625. The lowest BCUT2D eigenvalue weighted by atomic mass is 10.0. The summed E-state index contributed by atoms with van der Waals surface area (Å²) in [4.78, 5) is 9.61. The number of morpholine rings is 1. The molecule has 7 nitrogen and oxygen atoms in total. The Morgan fingerprint density at radius 3 is 2.73 bits per heavy atom. The molecule has 8 heteroatoms. The van der Waals surface area contributed by atoms with Crippen LogP contribution in [0.1, 0.15) is 24.9 Å². The summed E-state index contributed by atoms with van der Waals surface area (Å²) in [5.41, 5.74) is 1.12. The molecular formula is C22H38ClN5O2. The highest BCUT2D eigenvalue weighted by atomic mass is 35.5. The van der Waals surface area contributed by atoms with Gasteiger partial charge < -0.3 is 25.0 Å². The van der Waals surface area contributed by atoms with Crippen LogP contribution in [0.25, 0.3) is 0 Å². The molecule has 2 N–H and O–H groups in total. The van der Waals surface area contributed by atoms with Crippen molar-refractivity contribution in [3.63, 3.8) is 0 Å². The van der Waals surface area contributed by atoms with E-state index in [9.17, 15) is 0 Å². The molecule has 1 aromatic rings. The molecule has 0 radical (unpaired) electrons. The molecule has 1 atom stereocenters. The van der Waals surface area contributed by atoms with Crippen LogP contribution in [0.4, 0.5) is 0 Å². The fourth-order valence-electron chi connectivity index (χ4n) is 3.52. The van der Waals surface area contributed by atoms with Crippen LogP contribution in [0.3, 0.4) is 0 Å². The van der Waals surface area contributed by atoms with Crippen LogP contribution in [0, 0.1) is 0 Å². The van der Waals surface area contributed by atoms with Gasteiger partial charge in [0.15, 0.2) is 5.96 Å². The highest BCUT2D eigenvalue weighted by Gasteiger charge is 2.24. The van der Waals surface area contributed by atoms with Crippen molar-refractivity contribution in [1.82, 2.24) is 20.4 Å².